The van der Waals surface area contributed by atoms with E-state index in [9.17, 15) is 9.59 Å². The van der Waals surface area contributed by atoms with E-state index in [4.69, 9.17) is 0 Å². The van der Waals surface area contributed by atoms with E-state index in [1.165, 1.54) is 4.68 Å². The van der Waals surface area contributed by atoms with Gasteiger partial charge in [-0.3, -0.25) is 4.90 Å². The molecule has 0 aliphatic heterocycles. The number of carbonyl (C=O) groups is 1. The molecule has 4 rings (SSSR count). The van der Waals surface area contributed by atoms with E-state index in [0.29, 0.717) is 0 Å². The lowest BCUT2D eigenvalue weighted by Crippen LogP contribution is -2.42. The van der Waals surface area contributed by atoms with Gasteiger partial charge in [-0.15, -0.1) is 4.68 Å². The molecule has 0 N–H and O–H groups in total. The van der Waals surface area contributed by atoms with E-state index in [1.54, 1.807) is 4.90 Å². The van der Waals surface area contributed by atoms with Crippen LogP contribution in [0.25, 0.3) is 0 Å². The van der Waals surface area contributed by atoms with Crippen LogP contribution in [0.4, 0.5) is 10.5 Å². The van der Waals surface area contributed by atoms with E-state index in [1.807, 2.05) is 30.3 Å². The van der Waals surface area contributed by atoms with Crippen LogP contribution in [0, 0.1) is 0 Å². The molecule has 1 aromatic heterocycles. The zero-order chi connectivity index (χ0) is 14.4. The first kappa shape index (κ1) is 12.3. The first-order valence-electron chi connectivity index (χ1n) is 7.19. The molecular formula is C14H15N5O2. The fourth-order valence-corrected chi connectivity index (χ4v) is 2.43. The average molecular weight is 285 g/mol. The van der Waals surface area contributed by atoms with Crippen molar-refractivity contribution in [2.24, 2.45) is 0 Å². The van der Waals surface area contributed by atoms with Gasteiger partial charge >= 0.3 is 11.7 Å². The maximum Gasteiger partial charge on any atom is 0.372 e. The highest BCUT2D eigenvalue weighted by atomic mass is 16.2. The number of benzene rings is 1. The molecule has 0 atom stereocenters. The SMILES string of the molecule is O=C(N(c1ccccc1)C1CC1)n1nnn(C2CC2)c1=O. The molecule has 0 bridgehead atoms. The summed E-state index contributed by atoms with van der Waals surface area (Å²) in [7, 11) is 0. The Morgan fingerprint density at radius 2 is 1.81 bits per heavy atom. The summed E-state index contributed by atoms with van der Waals surface area (Å²) < 4.78 is 2.19. The highest BCUT2D eigenvalue weighted by Gasteiger charge is 2.37. The van der Waals surface area contributed by atoms with Crippen molar-refractivity contribution in [2.75, 3.05) is 4.90 Å². The zero-order valence-corrected chi connectivity index (χ0v) is 11.4. The number of aromatic nitrogens is 4. The van der Waals surface area contributed by atoms with Crippen molar-refractivity contribution in [3.05, 3.63) is 40.8 Å². The van der Waals surface area contributed by atoms with Gasteiger partial charge in [0.1, 0.15) is 0 Å². The van der Waals surface area contributed by atoms with Gasteiger partial charge in [-0.25, -0.2) is 9.59 Å². The molecule has 2 saturated carbocycles. The molecule has 1 amide bonds. The topological polar surface area (TPSA) is 73.0 Å². The Hall–Kier alpha value is -2.44. The Morgan fingerprint density at radius 1 is 1.10 bits per heavy atom. The second-order valence-electron chi connectivity index (χ2n) is 5.57. The fraction of sp³-hybridized carbons (Fsp3) is 0.429. The fourth-order valence-electron chi connectivity index (χ4n) is 2.43. The van der Waals surface area contributed by atoms with Gasteiger partial charge < -0.3 is 0 Å². The summed E-state index contributed by atoms with van der Waals surface area (Å²) >= 11 is 0. The summed E-state index contributed by atoms with van der Waals surface area (Å²) in [6.07, 6.45) is 3.76. The Balaban J connectivity index is 1.70. The smallest absolute Gasteiger partial charge is 0.289 e. The summed E-state index contributed by atoms with van der Waals surface area (Å²) in [4.78, 5) is 26.5. The van der Waals surface area contributed by atoms with E-state index >= 15 is 0 Å². The molecule has 2 fully saturated rings. The second-order valence-corrected chi connectivity index (χ2v) is 5.57. The number of anilines is 1. The van der Waals surface area contributed by atoms with Crippen molar-refractivity contribution < 1.29 is 4.79 Å². The Bertz CT molecular complexity index is 727. The number of para-hydroxylation sites is 1. The lowest BCUT2D eigenvalue weighted by atomic mass is 10.3. The normalized spacial score (nSPS) is 17.7. The predicted octanol–water partition coefficient (Wildman–Crippen LogP) is 1.41. The van der Waals surface area contributed by atoms with Crippen LogP contribution in [0.2, 0.25) is 0 Å². The predicted molar refractivity (Wildman–Crippen MR) is 75.3 cm³/mol. The van der Waals surface area contributed by atoms with E-state index < -0.39 is 11.7 Å². The summed E-state index contributed by atoms with van der Waals surface area (Å²) in [5.41, 5.74) is 0.349. The molecule has 1 aromatic carbocycles. The van der Waals surface area contributed by atoms with Crippen molar-refractivity contribution >= 4 is 11.7 Å². The number of nitrogens with zero attached hydrogens (tertiary/aromatic N) is 5. The highest BCUT2D eigenvalue weighted by Crippen LogP contribution is 2.33. The number of hydrogen-bond acceptors (Lipinski definition) is 4. The second kappa shape index (κ2) is 4.54. The minimum atomic E-state index is -0.441. The third-order valence-corrected chi connectivity index (χ3v) is 3.83. The Kier molecular flexibility index (Phi) is 2.66. The summed E-state index contributed by atoms with van der Waals surface area (Å²) in [5.74, 6) is 0. The van der Waals surface area contributed by atoms with Crippen molar-refractivity contribution in [2.45, 2.75) is 37.8 Å². The van der Waals surface area contributed by atoms with Gasteiger partial charge in [0.2, 0.25) is 0 Å². The van der Waals surface area contributed by atoms with Crippen molar-refractivity contribution in [3.63, 3.8) is 0 Å². The van der Waals surface area contributed by atoms with Gasteiger partial charge in [0, 0.05) is 11.7 Å². The molecule has 108 valence electrons. The molecule has 2 aliphatic rings. The number of hydrogen-bond donors (Lipinski definition) is 0. The molecule has 0 saturated heterocycles. The van der Waals surface area contributed by atoms with Gasteiger partial charge in [0.15, 0.2) is 0 Å². The molecule has 2 aromatic rings. The summed E-state index contributed by atoms with van der Waals surface area (Å²) in [6.45, 7) is 0. The van der Waals surface area contributed by atoms with Gasteiger partial charge in [0.25, 0.3) is 0 Å². The molecule has 0 radical (unpaired) electrons. The highest BCUT2D eigenvalue weighted by molar-refractivity contribution is 5.93. The van der Waals surface area contributed by atoms with Crippen LogP contribution in [-0.2, 0) is 0 Å². The van der Waals surface area contributed by atoms with E-state index in [-0.39, 0.29) is 12.1 Å². The number of tetrazole rings is 1. The Morgan fingerprint density at radius 3 is 2.43 bits per heavy atom. The van der Waals surface area contributed by atoms with Gasteiger partial charge in [-0.05, 0) is 48.2 Å². The maximum absolute atomic E-state index is 12.7. The molecular weight excluding hydrogens is 270 g/mol. The lowest BCUT2D eigenvalue weighted by Gasteiger charge is -2.21. The molecule has 21 heavy (non-hydrogen) atoms. The van der Waals surface area contributed by atoms with Crippen molar-refractivity contribution in [1.29, 1.82) is 0 Å². The Labute approximate surface area is 120 Å². The minimum Gasteiger partial charge on any atom is -0.289 e. The van der Waals surface area contributed by atoms with Crippen LogP contribution in [-0.4, -0.2) is 31.9 Å². The molecule has 0 spiro atoms. The van der Waals surface area contributed by atoms with Gasteiger partial charge in [0.05, 0.1) is 6.04 Å². The van der Waals surface area contributed by atoms with Crippen molar-refractivity contribution in [3.8, 4) is 0 Å². The van der Waals surface area contributed by atoms with E-state index in [2.05, 4.69) is 10.4 Å². The molecule has 7 nitrogen and oxygen atoms in total. The average Bonchev–Trinajstić information content (AvgIpc) is 3.40. The van der Waals surface area contributed by atoms with Crippen LogP contribution >= 0.6 is 0 Å². The zero-order valence-electron chi connectivity index (χ0n) is 11.4. The molecule has 0 unspecified atom stereocenters. The molecule has 7 heteroatoms. The van der Waals surface area contributed by atoms with Crippen LogP contribution in [0.3, 0.4) is 0 Å². The third-order valence-electron chi connectivity index (χ3n) is 3.83. The van der Waals surface area contributed by atoms with Crippen LogP contribution in [0.15, 0.2) is 35.1 Å². The molecule has 1 heterocycles. The molecule has 2 aliphatic carbocycles. The van der Waals surface area contributed by atoms with Crippen molar-refractivity contribution in [1.82, 2.24) is 19.8 Å². The van der Waals surface area contributed by atoms with Gasteiger partial charge in [-0.1, -0.05) is 18.2 Å². The third kappa shape index (κ3) is 2.14. The summed E-state index contributed by atoms with van der Waals surface area (Å²) in [6, 6.07) is 9.24. The lowest BCUT2D eigenvalue weighted by molar-refractivity contribution is 0.243. The maximum atomic E-state index is 12.7. The summed E-state index contributed by atoms with van der Waals surface area (Å²) in [5, 5.41) is 7.58. The van der Waals surface area contributed by atoms with Crippen LogP contribution < -0.4 is 10.6 Å². The largest absolute Gasteiger partial charge is 0.372 e. The standard InChI is InChI=1S/C14H15N5O2/c20-13(19-14(21)18(15-16-19)12-8-9-12)17(11-6-7-11)10-4-2-1-3-5-10/h1-5,11-12H,6-9H2. The van der Waals surface area contributed by atoms with Crippen LogP contribution in [0.1, 0.15) is 31.7 Å². The monoisotopic (exact) mass is 285 g/mol. The van der Waals surface area contributed by atoms with E-state index in [0.717, 1.165) is 36.1 Å². The number of carbonyl (C=O) groups excluding carboxylic acids is 1. The minimum absolute atomic E-state index is 0.116. The number of amides is 1. The number of rotatable bonds is 3. The first-order valence-corrected chi connectivity index (χ1v) is 7.19. The first-order chi connectivity index (χ1) is 10.3. The van der Waals surface area contributed by atoms with Crippen LogP contribution in [0.5, 0.6) is 0 Å². The quantitative estimate of drug-likeness (QED) is 0.799. The van der Waals surface area contributed by atoms with Gasteiger partial charge in [-0.2, -0.15) is 4.68 Å².